The number of rotatable bonds is 4. The number of ether oxygens (including phenoxy) is 1. The van der Waals surface area contributed by atoms with Crippen LogP contribution in [0.15, 0.2) is 11.6 Å². The molecule has 0 saturated heterocycles. The minimum atomic E-state index is 0.287. The molecule has 0 saturated carbocycles. The molecule has 0 aliphatic heterocycles. The van der Waals surface area contributed by atoms with Gasteiger partial charge in [-0.15, -0.1) is 0 Å². The van der Waals surface area contributed by atoms with Gasteiger partial charge in [-0.05, 0) is 24.8 Å². The molecule has 0 spiro atoms. The van der Waals surface area contributed by atoms with Crippen LogP contribution >= 0.6 is 0 Å². The van der Waals surface area contributed by atoms with Crippen LogP contribution in [-0.2, 0) is 4.74 Å². The van der Waals surface area contributed by atoms with Gasteiger partial charge in [-0.1, -0.05) is 13.0 Å². The molecule has 2 heteroatoms. The Morgan fingerprint density at radius 2 is 2.55 bits per heavy atom. The first-order chi connectivity index (χ1) is 5.33. The van der Waals surface area contributed by atoms with Crippen LogP contribution in [-0.4, -0.2) is 19.3 Å². The van der Waals surface area contributed by atoms with Crippen molar-refractivity contribution in [2.45, 2.75) is 32.2 Å². The van der Waals surface area contributed by atoms with Crippen LogP contribution in [0.1, 0.15) is 26.2 Å². The lowest BCUT2D eigenvalue weighted by molar-refractivity contribution is 0.155. The second-order valence-electron chi connectivity index (χ2n) is 3.08. The Balaban J connectivity index is 2.12. The summed E-state index contributed by atoms with van der Waals surface area (Å²) >= 11 is 0. The Hall–Kier alpha value is -0.340. The Labute approximate surface area is 68.4 Å². The van der Waals surface area contributed by atoms with Crippen LogP contribution in [0.5, 0.6) is 0 Å². The minimum absolute atomic E-state index is 0.287. The van der Waals surface area contributed by atoms with Crippen LogP contribution in [0, 0.1) is 0 Å². The predicted molar refractivity (Wildman–Crippen MR) is 46.4 cm³/mol. The van der Waals surface area contributed by atoms with Gasteiger partial charge in [0, 0.05) is 12.6 Å². The highest BCUT2D eigenvalue weighted by Crippen LogP contribution is 2.16. The lowest BCUT2D eigenvalue weighted by Crippen LogP contribution is -2.11. The molecule has 2 N–H and O–H groups in total. The number of hydrogen-bond donors (Lipinski definition) is 1. The fraction of sp³-hybridized carbons (Fsp3) is 0.778. The van der Waals surface area contributed by atoms with Crippen molar-refractivity contribution >= 4 is 0 Å². The molecule has 2 nitrogen and oxygen atoms in total. The average Bonchev–Trinajstić information content (AvgIpc) is 2.37. The summed E-state index contributed by atoms with van der Waals surface area (Å²) < 4.78 is 5.39. The van der Waals surface area contributed by atoms with Crippen molar-refractivity contribution in [1.82, 2.24) is 0 Å². The average molecular weight is 155 g/mol. The molecule has 0 bridgehead atoms. The van der Waals surface area contributed by atoms with Crippen LogP contribution in [0.2, 0.25) is 0 Å². The molecule has 11 heavy (non-hydrogen) atoms. The van der Waals surface area contributed by atoms with E-state index in [2.05, 4.69) is 13.0 Å². The highest BCUT2D eigenvalue weighted by molar-refractivity contribution is 5.13. The zero-order valence-electron chi connectivity index (χ0n) is 7.18. The van der Waals surface area contributed by atoms with E-state index >= 15 is 0 Å². The van der Waals surface area contributed by atoms with Crippen LogP contribution < -0.4 is 5.73 Å². The maximum atomic E-state index is 5.70. The van der Waals surface area contributed by atoms with E-state index in [0.29, 0.717) is 0 Å². The van der Waals surface area contributed by atoms with Crippen molar-refractivity contribution < 1.29 is 4.74 Å². The summed E-state index contributed by atoms with van der Waals surface area (Å²) in [7, 11) is 0. The molecule has 1 rings (SSSR count). The predicted octanol–water partition coefficient (Wildman–Crippen LogP) is 1.46. The normalized spacial score (nSPS) is 23.8. The van der Waals surface area contributed by atoms with E-state index in [1.165, 1.54) is 5.57 Å². The van der Waals surface area contributed by atoms with E-state index in [1.807, 2.05) is 0 Å². The summed E-state index contributed by atoms with van der Waals surface area (Å²) in [5, 5.41) is 0. The van der Waals surface area contributed by atoms with Gasteiger partial charge in [0.2, 0.25) is 0 Å². The van der Waals surface area contributed by atoms with E-state index in [1.54, 1.807) is 0 Å². The SMILES string of the molecule is CCCOCC1=CC(N)CC1. The molecule has 0 fully saturated rings. The zero-order valence-corrected chi connectivity index (χ0v) is 7.18. The molecule has 0 aromatic carbocycles. The van der Waals surface area contributed by atoms with Gasteiger partial charge in [0.05, 0.1) is 6.61 Å². The van der Waals surface area contributed by atoms with Crippen molar-refractivity contribution in [3.8, 4) is 0 Å². The van der Waals surface area contributed by atoms with Crippen molar-refractivity contribution in [1.29, 1.82) is 0 Å². The number of hydrogen-bond acceptors (Lipinski definition) is 2. The smallest absolute Gasteiger partial charge is 0.0677 e. The largest absolute Gasteiger partial charge is 0.377 e. The highest BCUT2D eigenvalue weighted by atomic mass is 16.5. The summed E-state index contributed by atoms with van der Waals surface area (Å²) in [6.07, 6.45) is 5.46. The van der Waals surface area contributed by atoms with Crippen LogP contribution in [0.4, 0.5) is 0 Å². The molecule has 0 amide bonds. The first-order valence-electron chi connectivity index (χ1n) is 4.36. The Bertz CT molecular complexity index is 142. The quantitative estimate of drug-likeness (QED) is 0.493. The Morgan fingerprint density at radius 1 is 1.73 bits per heavy atom. The fourth-order valence-electron chi connectivity index (χ4n) is 1.29. The summed E-state index contributed by atoms with van der Waals surface area (Å²) in [4.78, 5) is 0. The highest BCUT2D eigenvalue weighted by Gasteiger charge is 2.10. The molecule has 0 aromatic heterocycles. The van der Waals surface area contributed by atoms with Crippen molar-refractivity contribution in [3.05, 3.63) is 11.6 Å². The summed E-state index contributed by atoms with van der Waals surface area (Å²) in [5.74, 6) is 0. The van der Waals surface area contributed by atoms with Crippen molar-refractivity contribution in [2.75, 3.05) is 13.2 Å². The fourth-order valence-corrected chi connectivity index (χ4v) is 1.29. The van der Waals surface area contributed by atoms with E-state index in [-0.39, 0.29) is 6.04 Å². The standard InChI is InChI=1S/C9H17NO/c1-2-5-11-7-8-3-4-9(10)6-8/h6,9H,2-5,7,10H2,1H3. The molecule has 1 atom stereocenters. The monoisotopic (exact) mass is 155 g/mol. The van der Waals surface area contributed by atoms with Gasteiger partial charge in [0.1, 0.15) is 0 Å². The molecule has 0 aromatic rings. The van der Waals surface area contributed by atoms with Gasteiger partial charge in [-0.2, -0.15) is 0 Å². The van der Waals surface area contributed by atoms with E-state index in [4.69, 9.17) is 10.5 Å². The minimum Gasteiger partial charge on any atom is -0.377 e. The van der Waals surface area contributed by atoms with Gasteiger partial charge in [0.15, 0.2) is 0 Å². The summed E-state index contributed by atoms with van der Waals surface area (Å²) in [5.41, 5.74) is 7.08. The first-order valence-corrected chi connectivity index (χ1v) is 4.36. The molecule has 1 unspecified atom stereocenters. The third-order valence-corrected chi connectivity index (χ3v) is 1.88. The third kappa shape index (κ3) is 3.04. The van der Waals surface area contributed by atoms with Gasteiger partial charge < -0.3 is 10.5 Å². The second-order valence-corrected chi connectivity index (χ2v) is 3.08. The summed E-state index contributed by atoms with van der Waals surface area (Å²) in [6, 6.07) is 0.287. The maximum absolute atomic E-state index is 5.70. The van der Waals surface area contributed by atoms with E-state index in [0.717, 1.165) is 32.5 Å². The van der Waals surface area contributed by atoms with Gasteiger partial charge in [0.25, 0.3) is 0 Å². The molecule has 1 aliphatic carbocycles. The zero-order chi connectivity index (χ0) is 8.10. The second kappa shape index (κ2) is 4.52. The lowest BCUT2D eigenvalue weighted by atomic mass is 10.2. The molecular weight excluding hydrogens is 138 g/mol. The Morgan fingerprint density at radius 3 is 3.09 bits per heavy atom. The summed E-state index contributed by atoms with van der Waals surface area (Å²) in [6.45, 7) is 3.78. The molecule has 0 radical (unpaired) electrons. The topological polar surface area (TPSA) is 35.2 Å². The van der Waals surface area contributed by atoms with Crippen molar-refractivity contribution in [3.63, 3.8) is 0 Å². The molecule has 1 aliphatic rings. The Kier molecular flexibility index (Phi) is 3.60. The van der Waals surface area contributed by atoms with E-state index in [9.17, 15) is 0 Å². The molecule has 64 valence electrons. The van der Waals surface area contributed by atoms with E-state index < -0.39 is 0 Å². The third-order valence-electron chi connectivity index (χ3n) is 1.88. The molecule has 0 heterocycles. The van der Waals surface area contributed by atoms with Crippen LogP contribution in [0.25, 0.3) is 0 Å². The number of nitrogens with two attached hydrogens (primary N) is 1. The van der Waals surface area contributed by atoms with Gasteiger partial charge in [-0.25, -0.2) is 0 Å². The van der Waals surface area contributed by atoms with Crippen LogP contribution in [0.3, 0.4) is 0 Å². The lowest BCUT2D eigenvalue weighted by Gasteiger charge is -2.01. The van der Waals surface area contributed by atoms with Gasteiger partial charge >= 0.3 is 0 Å². The molecular formula is C9H17NO. The van der Waals surface area contributed by atoms with Gasteiger partial charge in [-0.3, -0.25) is 0 Å². The maximum Gasteiger partial charge on any atom is 0.0677 e. The van der Waals surface area contributed by atoms with Crippen molar-refractivity contribution in [2.24, 2.45) is 5.73 Å². The first kappa shape index (κ1) is 8.75.